The summed E-state index contributed by atoms with van der Waals surface area (Å²) in [4.78, 5) is 37.9. The summed E-state index contributed by atoms with van der Waals surface area (Å²) in [6.45, 7) is 0.704. The molecule has 3 rings (SSSR count). The van der Waals surface area contributed by atoms with E-state index in [-0.39, 0.29) is 12.2 Å². The van der Waals surface area contributed by atoms with Gasteiger partial charge in [0.15, 0.2) is 0 Å². The van der Waals surface area contributed by atoms with Crippen LogP contribution in [-0.2, 0) is 15.8 Å². The predicted octanol–water partition coefficient (Wildman–Crippen LogP) is 2.19. The average Bonchev–Trinajstić information content (AvgIpc) is 2.92. The van der Waals surface area contributed by atoms with E-state index < -0.39 is 36.1 Å². The van der Waals surface area contributed by atoms with Crippen molar-refractivity contribution in [1.29, 1.82) is 0 Å². The number of rotatable bonds is 4. The van der Waals surface area contributed by atoms with Gasteiger partial charge in [0.2, 0.25) is 11.8 Å². The summed E-state index contributed by atoms with van der Waals surface area (Å²) in [6, 6.07) is 2.55. The summed E-state index contributed by atoms with van der Waals surface area (Å²) in [6.07, 6.45) is -1.65. The number of benzene rings is 1. The maximum Gasteiger partial charge on any atom is 0.416 e. The van der Waals surface area contributed by atoms with Gasteiger partial charge in [-0.2, -0.15) is 13.2 Å². The van der Waals surface area contributed by atoms with Gasteiger partial charge in [-0.05, 0) is 37.5 Å². The van der Waals surface area contributed by atoms with Crippen LogP contribution in [0, 0.1) is 0 Å². The van der Waals surface area contributed by atoms with Crippen molar-refractivity contribution in [2.75, 3.05) is 36.4 Å². The number of nitrogens with one attached hydrogen (secondary N) is 2. The van der Waals surface area contributed by atoms with E-state index in [0.717, 1.165) is 36.3 Å². The Morgan fingerprint density at radius 3 is 2.44 bits per heavy atom. The third-order valence-corrected chi connectivity index (χ3v) is 4.50. The number of hydrogen-bond acceptors (Lipinski definition) is 4. The summed E-state index contributed by atoms with van der Waals surface area (Å²) < 4.78 is 39.2. The second-order valence-electron chi connectivity index (χ2n) is 6.53. The first kappa shape index (κ1) is 19.0. The second kappa shape index (κ2) is 7.45. The third kappa shape index (κ3) is 4.50. The van der Waals surface area contributed by atoms with Crippen molar-refractivity contribution in [2.24, 2.45) is 0 Å². The molecule has 0 unspecified atom stereocenters. The van der Waals surface area contributed by atoms with Crippen molar-refractivity contribution >= 4 is 29.2 Å². The number of carbonyl (C=O) groups is 3. The van der Waals surface area contributed by atoms with Gasteiger partial charge in [-0.25, -0.2) is 4.79 Å². The van der Waals surface area contributed by atoms with E-state index in [0.29, 0.717) is 18.8 Å². The Balaban J connectivity index is 1.81. The summed E-state index contributed by atoms with van der Waals surface area (Å²) in [5, 5.41) is 4.51. The number of piperidine rings is 1. The van der Waals surface area contributed by atoms with Crippen molar-refractivity contribution < 1.29 is 27.6 Å². The molecule has 27 heavy (non-hydrogen) atoms. The van der Waals surface area contributed by atoms with E-state index >= 15 is 0 Å². The molecular weight excluding hydrogens is 365 g/mol. The van der Waals surface area contributed by atoms with E-state index in [4.69, 9.17) is 0 Å². The molecule has 2 aliphatic heterocycles. The topological polar surface area (TPSA) is 81.8 Å². The monoisotopic (exact) mass is 384 g/mol. The van der Waals surface area contributed by atoms with E-state index in [2.05, 4.69) is 5.32 Å². The smallest absolute Gasteiger partial charge is 0.370 e. The minimum absolute atomic E-state index is 0.0441. The minimum atomic E-state index is -4.54. The van der Waals surface area contributed by atoms with Crippen LogP contribution in [0.3, 0.4) is 0 Å². The average molecular weight is 384 g/mol. The van der Waals surface area contributed by atoms with Crippen molar-refractivity contribution in [3.63, 3.8) is 0 Å². The molecule has 0 bridgehead atoms. The van der Waals surface area contributed by atoms with Crippen molar-refractivity contribution in [2.45, 2.75) is 25.4 Å². The normalized spacial score (nSPS) is 17.9. The molecule has 0 atom stereocenters. The quantitative estimate of drug-likeness (QED) is 0.780. The zero-order valence-corrected chi connectivity index (χ0v) is 14.4. The molecule has 2 N–H and O–H groups in total. The molecule has 10 heteroatoms. The Morgan fingerprint density at radius 2 is 1.85 bits per heavy atom. The second-order valence-corrected chi connectivity index (χ2v) is 6.53. The van der Waals surface area contributed by atoms with Gasteiger partial charge < -0.3 is 15.1 Å². The third-order valence-electron chi connectivity index (χ3n) is 4.50. The summed E-state index contributed by atoms with van der Waals surface area (Å²) in [5.74, 6) is -1.20. The predicted molar refractivity (Wildman–Crippen MR) is 91.2 cm³/mol. The molecule has 0 aromatic heterocycles. The lowest BCUT2D eigenvalue weighted by Crippen LogP contribution is -2.36. The highest BCUT2D eigenvalue weighted by atomic mass is 19.4. The standard InChI is InChI=1S/C17H19F3N4O3/c18-17(19,20)11-4-5-13(23-6-2-1-3-7-23)12(8-11)21-14(25)9-24-10-15(26)22-16(24)27/h4-5,8H,1-3,6-7,9-10H2,(H,21,25)(H,22,26,27). The lowest BCUT2D eigenvalue weighted by molar-refractivity contribution is -0.137. The summed E-state index contributed by atoms with van der Waals surface area (Å²) in [5.41, 5.74) is -0.312. The van der Waals surface area contributed by atoms with Gasteiger partial charge in [0.05, 0.1) is 16.9 Å². The molecule has 7 nitrogen and oxygen atoms in total. The molecule has 2 aliphatic rings. The van der Waals surface area contributed by atoms with Crippen LogP contribution in [0.5, 0.6) is 0 Å². The Labute approximate surface area is 153 Å². The van der Waals surface area contributed by atoms with Gasteiger partial charge in [-0.1, -0.05) is 0 Å². The van der Waals surface area contributed by atoms with E-state index in [1.165, 1.54) is 6.07 Å². The first-order valence-corrected chi connectivity index (χ1v) is 8.59. The Hall–Kier alpha value is -2.78. The SMILES string of the molecule is O=C1CN(CC(=O)Nc2cc(C(F)(F)F)ccc2N2CCCCC2)C(=O)N1. The zero-order chi connectivity index (χ0) is 19.6. The van der Waals surface area contributed by atoms with Crippen LogP contribution in [0.2, 0.25) is 0 Å². The first-order valence-electron chi connectivity index (χ1n) is 8.59. The number of alkyl halides is 3. The van der Waals surface area contributed by atoms with Crippen molar-refractivity contribution in [1.82, 2.24) is 10.2 Å². The largest absolute Gasteiger partial charge is 0.416 e. The number of halogens is 3. The molecule has 2 fully saturated rings. The Kier molecular flexibility index (Phi) is 5.24. The minimum Gasteiger partial charge on any atom is -0.370 e. The lowest BCUT2D eigenvalue weighted by Gasteiger charge is -2.31. The number of imide groups is 1. The summed E-state index contributed by atoms with van der Waals surface area (Å²) in [7, 11) is 0. The molecule has 4 amide bonds. The number of nitrogens with zero attached hydrogens (tertiary/aromatic N) is 2. The first-order chi connectivity index (χ1) is 12.7. The summed E-state index contributed by atoms with van der Waals surface area (Å²) >= 11 is 0. The van der Waals surface area contributed by atoms with Gasteiger partial charge >= 0.3 is 12.2 Å². The number of carbonyl (C=O) groups excluding carboxylic acids is 3. The van der Waals surface area contributed by atoms with Crippen LogP contribution in [0.1, 0.15) is 24.8 Å². The van der Waals surface area contributed by atoms with Crippen molar-refractivity contribution in [3.05, 3.63) is 23.8 Å². The van der Waals surface area contributed by atoms with E-state index in [1.54, 1.807) is 0 Å². The molecular formula is C17H19F3N4O3. The fourth-order valence-corrected chi connectivity index (χ4v) is 3.20. The number of anilines is 2. The number of amides is 4. The van der Waals surface area contributed by atoms with Gasteiger partial charge in [0, 0.05) is 13.1 Å². The Morgan fingerprint density at radius 1 is 1.15 bits per heavy atom. The molecule has 2 saturated heterocycles. The van der Waals surface area contributed by atoms with Crippen molar-refractivity contribution in [3.8, 4) is 0 Å². The molecule has 1 aromatic carbocycles. The van der Waals surface area contributed by atoms with Gasteiger partial charge in [-0.15, -0.1) is 0 Å². The van der Waals surface area contributed by atoms with E-state index in [1.807, 2.05) is 10.2 Å². The highest BCUT2D eigenvalue weighted by molar-refractivity contribution is 6.05. The van der Waals surface area contributed by atoms with Crippen LogP contribution >= 0.6 is 0 Å². The fourth-order valence-electron chi connectivity index (χ4n) is 3.20. The van der Waals surface area contributed by atoms with Gasteiger partial charge in [-0.3, -0.25) is 14.9 Å². The fraction of sp³-hybridized carbons (Fsp3) is 0.471. The number of urea groups is 1. The van der Waals surface area contributed by atoms with E-state index in [9.17, 15) is 27.6 Å². The lowest BCUT2D eigenvalue weighted by atomic mass is 10.1. The van der Waals surface area contributed by atoms with Gasteiger partial charge in [0.1, 0.15) is 13.1 Å². The molecule has 2 heterocycles. The molecule has 0 radical (unpaired) electrons. The molecule has 0 aliphatic carbocycles. The molecule has 0 saturated carbocycles. The molecule has 0 spiro atoms. The van der Waals surface area contributed by atoms with Crippen LogP contribution in [0.15, 0.2) is 18.2 Å². The van der Waals surface area contributed by atoms with Crippen LogP contribution < -0.4 is 15.5 Å². The maximum atomic E-state index is 13.1. The van der Waals surface area contributed by atoms with Gasteiger partial charge in [0.25, 0.3) is 0 Å². The highest BCUT2D eigenvalue weighted by Gasteiger charge is 2.32. The van der Waals surface area contributed by atoms with Crippen LogP contribution in [-0.4, -0.2) is 48.9 Å². The Bertz CT molecular complexity index is 760. The maximum absolute atomic E-state index is 13.1. The van der Waals surface area contributed by atoms with Crippen LogP contribution in [0.4, 0.5) is 29.3 Å². The molecule has 146 valence electrons. The zero-order valence-electron chi connectivity index (χ0n) is 14.4. The molecule has 1 aromatic rings. The number of hydrogen-bond donors (Lipinski definition) is 2. The highest BCUT2D eigenvalue weighted by Crippen LogP contribution is 2.36. The van der Waals surface area contributed by atoms with Crippen LogP contribution in [0.25, 0.3) is 0 Å².